The number of nitrogens with one attached hydrogen (secondary N) is 2. The largest absolute Gasteiger partial charge is 0.347 e. The van der Waals surface area contributed by atoms with Gasteiger partial charge in [0.2, 0.25) is 0 Å². The Hall–Kier alpha value is -2.11. The number of hydrogen-bond donors (Lipinski definition) is 2. The Balaban J connectivity index is 1.69. The van der Waals surface area contributed by atoms with Gasteiger partial charge in [-0.15, -0.1) is 0 Å². The van der Waals surface area contributed by atoms with Crippen molar-refractivity contribution in [1.82, 2.24) is 15.5 Å². The number of halogens is 2. The first-order chi connectivity index (χ1) is 11.1. The fourth-order valence-corrected chi connectivity index (χ4v) is 2.80. The highest BCUT2D eigenvalue weighted by atomic mass is 79.9. The molecule has 0 spiro atoms. The van der Waals surface area contributed by atoms with Gasteiger partial charge in [-0.25, -0.2) is 0 Å². The van der Waals surface area contributed by atoms with Crippen molar-refractivity contribution in [1.29, 1.82) is 0 Å². The Morgan fingerprint density at radius 1 is 1.17 bits per heavy atom. The summed E-state index contributed by atoms with van der Waals surface area (Å²) in [5.41, 5.74) is 2.97. The number of amides is 1. The van der Waals surface area contributed by atoms with Gasteiger partial charge >= 0.3 is 0 Å². The van der Waals surface area contributed by atoms with Crippen molar-refractivity contribution in [3.8, 4) is 11.3 Å². The van der Waals surface area contributed by atoms with Crippen LogP contribution in [0.4, 0.5) is 0 Å². The van der Waals surface area contributed by atoms with Crippen LogP contribution in [-0.4, -0.2) is 16.1 Å². The van der Waals surface area contributed by atoms with E-state index in [1.54, 1.807) is 18.2 Å². The Morgan fingerprint density at radius 3 is 2.78 bits per heavy atom. The molecular weight excluding hydrogens is 378 g/mol. The van der Waals surface area contributed by atoms with Crippen molar-refractivity contribution in [2.45, 2.75) is 6.54 Å². The lowest BCUT2D eigenvalue weighted by molar-refractivity contribution is 0.0946. The number of benzene rings is 2. The summed E-state index contributed by atoms with van der Waals surface area (Å²) in [6.45, 7) is 0.448. The molecule has 4 nitrogen and oxygen atoms in total. The summed E-state index contributed by atoms with van der Waals surface area (Å²) >= 11 is 9.38. The first-order valence-corrected chi connectivity index (χ1v) is 8.13. The van der Waals surface area contributed by atoms with Crippen LogP contribution in [0.15, 0.2) is 59.1 Å². The molecule has 0 saturated carbocycles. The van der Waals surface area contributed by atoms with Gasteiger partial charge in [0.05, 0.1) is 5.69 Å². The normalized spacial score (nSPS) is 10.5. The zero-order chi connectivity index (χ0) is 16.2. The summed E-state index contributed by atoms with van der Waals surface area (Å²) in [6, 6.07) is 16.8. The molecule has 0 aliphatic rings. The van der Waals surface area contributed by atoms with E-state index in [2.05, 4.69) is 31.4 Å². The van der Waals surface area contributed by atoms with Gasteiger partial charge in [-0.2, -0.15) is 5.10 Å². The van der Waals surface area contributed by atoms with Gasteiger partial charge in [0.25, 0.3) is 5.91 Å². The summed E-state index contributed by atoms with van der Waals surface area (Å²) < 4.78 is 0.981. The topological polar surface area (TPSA) is 57.8 Å². The summed E-state index contributed by atoms with van der Waals surface area (Å²) in [4.78, 5) is 12.2. The number of carbonyl (C=O) groups is 1. The van der Waals surface area contributed by atoms with Gasteiger partial charge in [-0.05, 0) is 35.9 Å². The van der Waals surface area contributed by atoms with E-state index >= 15 is 0 Å². The summed E-state index contributed by atoms with van der Waals surface area (Å²) in [6.07, 6.45) is 0. The van der Waals surface area contributed by atoms with Crippen molar-refractivity contribution in [3.05, 3.63) is 75.4 Å². The summed E-state index contributed by atoms with van der Waals surface area (Å²) in [5.74, 6) is -0.203. The fourth-order valence-electron chi connectivity index (χ4n) is 2.16. The quantitative estimate of drug-likeness (QED) is 0.692. The number of aromatic amines is 1. The third-order valence-electron chi connectivity index (χ3n) is 3.28. The molecule has 2 N–H and O–H groups in total. The zero-order valence-corrected chi connectivity index (χ0v) is 14.4. The number of hydrogen-bond acceptors (Lipinski definition) is 2. The van der Waals surface area contributed by atoms with Gasteiger partial charge in [0.15, 0.2) is 0 Å². The van der Waals surface area contributed by atoms with Gasteiger partial charge in [-0.1, -0.05) is 51.8 Å². The smallest absolute Gasteiger partial charge is 0.269 e. The number of nitrogens with zero attached hydrogens (tertiary/aromatic N) is 1. The van der Waals surface area contributed by atoms with E-state index in [9.17, 15) is 4.79 Å². The lowest BCUT2D eigenvalue weighted by Gasteiger charge is -2.04. The van der Waals surface area contributed by atoms with E-state index in [0.717, 1.165) is 15.6 Å². The minimum atomic E-state index is -0.203. The highest BCUT2D eigenvalue weighted by Gasteiger charge is 2.11. The molecule has 0 aliphatic carbocycles. The lowest BCUT2D eigenvalue weighted by atomic mass is 10.1. The monoisotopic (exact) mass is 389 g/mol. The predicted octanol–water partition coefficient (Wildman–Crippen LogP) is 4.42. The maximum Gasteiger partial charge on any atom is 0.269 e. The van der Waals surface area contributed by atoms with Crippen LogP contribution in [0.3, 0.4) is 0 Å². The summed E-state index contributed by atoms with van der Waals surface area (Å²) in [7, 11) is 0. The van der Waals surface area contributed by atoms with E-state index in [1.165, 1.54) is 0 Å². The number of H-pyrrole nitrogens is 1. The first kappa shape index (κ1) is 15.8. The second-order valence-electron chi connectivity index (χ2n) is 4.99. The van der Waals surface area contributed by atoms with Crippen LogP contribution < -0.4 is 5.32 Å². The van der Waals surface area contributed by atoms with Crippen LogP contribution in [0.1, 0.15) is 16.1 Å². The van der Waals surface area contributed by atoms with Crippen molar-refractivity contribution in [2.24, 2.45) is 0 Å². The number of rotatable bonds is 4. The second kappa shape index (κ2) is 6.98. The Kier molecular flexibility index (Phi) is 4.79. The van der Waals surface area contributed by atoms with Crippen molar-refractivity contribution >= 4 is 33.4 Å². The van der Waals surface area contributed by atoms with E-state index in [4.69, 9.17) is 11.6 Å². The highest BCUT2D eigenvalue weighted by molar-refractivity contribution is 9.10. The highest BCUT2D eigenvalue weighted by Crippen LogP contribution is 2.21. The van der Waals surface area contributed by atoms with Gasteiger partial charge in [0.1, 0.15) is 5.69 Å². The molecule has 0 bridgehead atoms. The molecule has 2 aromatic carbocycles. The predicted molar refractivity (Wildman–Crippen MR) is 94.3 cm³/mol. The molecule has 1 heterocycles. The molecule has 3 rings (SSSR count). The molecule has 0 aliphatic heterocycles. The minimum absolute atomic E-state index is 0.203. The molecule has 3 aromatic rings. The van der Waals surface area contributed by atoms with Crippen LogP contribution in [-0.2, 0) is 6.54 Å². The standard InChI is InChI=1S/C17H13BrClN3O/c18-13-5-1-3-11(7-13)10-20-17(23)16-9-15(21-22-16)12-4-2-6-14(19)8-12/h1-9H,10H2,(H,20,23)(H,21,22). The van der Waals surface area contributed by atoms with E-state index < -0.39 is 0 Å². The minimum Gasteiger partial charge on any atom is -0.347 e. The SMILES string of the molecule is O=C(NCc1cccc(Br)c1)c1cc(-c2cccc(Cl)c2)n[nH]1. The van der Waals surface area contributed by atoms with Crippen molar-refractivity contribution in [2.75, 3.05) is 0 Å². The molecule has 0 saturated heterocycles. The van der Waals surface area contributed by atoms with Crippen molar-refractivity contribution < 1.29 is 4.79 Å². The molecule has 6 heteroatoms. The molecule has 0 atom stereocenters. The molecule has 0 unspecified atom stereocenters. The molecule has 116 valence electrons. The Bertz CT molecular complexity index is 847. The van der Waals surface area contributed by atoms with Gasteiger partial charge < -0.3 is 5.32 Å². The average Bonchev–Trinajstić information content (AvgIpc) is 3.03. The summed E-state index contributed by atoms with van der Waals surface area (Å²) in [5, 5.41) is 10.4. The Labute approximate surface area is 147 Å². The fraction of sp³-hybridized carbons (Fsp3) is 0.0588. The van der Waals surface area contributed by atoms with E-state index in [0.29, 0.717) is 23.0 Å². The van der Waals surface area contributed by atoms with Crippen LogP contribution in [0.25, 0.3) is 11.3 Å². The number of carbonyl (C=O) groups excluding carboxylic acids is 1. The third kappa shape index (κ3) is 4.00. The van der Waals surface area contributed by atoms with Crippen LogP contribution >= 0.6 is 27.5 Å². The molecule has 0 radical (unpaired) electrons. The molecular formula is C17H13BrClN3O. The van der Waals surface area contributed by atoms with Gasteiger partial charge in [-0.3, -0.25) is 9.89 Å². The molecule has 1 aromatic heterocycles. The second-order valence-corrected chi connectivity index (χ2v) is 6.34. The van der Waals surface area contributed by atoms with Crippen molar-refractivity contribution in [3.63, 3.8) is 0 Å². The third-order valence-corrected chi connectivity index (χ3v) is 4.01. The van der Waals surface area contributed by atoms with E-state index in [1.807, 2.05) is 36.4 Å². The molecule has 23 heavy (non-hydrogen) atoms. The van der Waals surface area contributed by atoms with Crippen LogP contribution in [0.2, 0.25) is 5.02 Å². The van der Waals surface area contributed by atoms with E-state index in [-0.39, 0.29) is 5.91 Å². The zero-order valence-electron chi connectivity index (χ0n) is 12.0. The lowest BCUT2D eigenvalue weighted by Crippen LogP contribution is -2.23. The first-order valence-electron chi connectivity index (χ1n) is 6.96. The molecule has 1 amide bonds. The molecule has 0 fully saturated rings. The maximum atomic E-state index is 12.2. The van der Waals surface area contributed by atoms with Gasteiger partial charge in [0, 0.05) is 21.6 Å². The maximum absolute atomic E-state index is 12.2. The average molecular weight is 391 g/mol. The Morgan fingerprint density at radius 2 is 2.00 bits per heavy atom. The van der Waals surface area contributed by atoms with Crippen LogP contribution in [0.5, 0.6) is 0 Å². The number of aromatic nitrogens is 2. The van der Waals surface area contributed by atoms with Crippen LogP contribution in [0, 0.1) is 0 Å².